The van der Waals surface area contributed by atoms with E-state index in [0.29, 0.717) is 5.56 Å². The van der Waals surface area contributed by atoms with E-state index in [4.69, 9.17) is 0 Å². The highest BCUT2D eigenvalue weighted by molar-refractivity contribution is 7.98. The second kappa shape index (κ2) is 8.84. The lowest BCUT2D eigenvalue weighted by Gasteiger charge is -2.18. The summed E-state index contributed by atoms with van der Waals surface area (Å²) in [4.78, 5) is 4.49. The number of nitrogens with one attached hydrogen (secondary N) is 2. The van der Waals surface area contributed by atoms with Crippen molar-refractivity contribution in [3.05, 3.63) is 35.1 Å². The van der Waals surface area contributed by atoms with Crippen LogP contribution in [-0.4, -0.2) is 31.1 Å². The first kappa shape index (κ1) is 16.8. The number of halogens is 1. The van der Waals surface area contributed by atoms with Crippen LogP contribution in [0.15, 0.2) is 23.2 Å². The van der Waals surface area contributed by atoms with Crippen molar-refractivity contribution in [3.63, 3.8) is 0 Å². The molecule has 1 aromatic rings. The van der Waals surface area contributed by atoms with Crippen LogP contribution < -0.4 is 10.6 Å². The summed E-state index contributed by atoms with van der Waals surface area (Å²) in [6, 6.07) is 5.35. The number of aryl methyl sites for hydroxylation is 1. The van der Waals surface area contributed by atoms with Crippen molar-refractivity contribution in [1.82, 2.24) is 10.6 Å². The van der Waals surface area contributed by atoms with Crippen LogP contribution in [0.25, 0.3) is 0 Å². The summed E-state index contributed by atoms with van der Waals surface area (Å²) in [5, 5.41) is 6.51. The van der Waals surface area contributed by atoms with Crippen LogP contribution in [0, 0.1) is 12.7 Å². The molecule has 20 heavy (non-hydrogen) atoms. The van der Waals surface area contributed by atoms with Gasteiger partial charge in [0.05, 0.1) is 12.6 Å². The first-order valence-corrected chi connectivity index (χ1v) is 8.27. The number of benzene rings is 1. The summed E-state index contributed by atoms with van der Waals surface area (Å²) in [5.74, 6) is 1.60. The highest BCUT2D eigenvalue weighted by atomic mass is 32.2. The fourth-order valence-electron chi connectivity index (χ4n) is 1.74. The predicted octanol–water partition coefficient (Wildman–Crippen LogP) is 3.11. The van der Waals surface area contributed by atoms with Gasteiger partial charge in [0.25, 0.3) is 0 Å². The molecule has 1 unspecified atom stereocenters. The third-order valence-corrected chi connectivity index (χ3v) is 3.55. The summed E-state index contributed by atoms with van der Waals surface area (Å²) < 4.78 is 13.6. The zero-order chi connectivity index (χ0) is 15.0. The Morgan fingerprint density at radius 2 is 2.20 bits per heavy atom. The molecule has 1 rings (SSSR count). The van der Waals surface area contributed by atoms with Gasteiger partial charge in [-0.05, 0) is 44.2 Å². The minimum absolute atomic E-state index is 0.0113. The number of nitrogens with zero attached hydrogens (tertiary/aromatic N) is 1. The largest absolute Gasteiger partial charge is 0.357 e. The molecule has 0 radical (unpaired) electrons. The standard InChI is InChI=1S/C15H24FN3S/c1-5-17-15(18-8-9-20-4)19-12(3)13-7-6-11(2)14(16)10-13/h6-7,10,12H,5,8-9H2,1-4H3,(H2,17,18,19). The van der Waals surface area contributed by atoms with Crippen molar-refractivity contribution in [1.29, 1.82) is 0 Å². The Morgan fingerprint density at radius 1 is 1.45 bits per heavy atom. The molecule has 0 aromatic heterocycles. The molecule has 112 valence electrons. The van der Waals surface area contributed by atoms with Gasteiger partial charge in [0.15, 0.2) is 5.96 Å². The molecule has 1 aromatic carbocycles. The van der Waals surface area contributed by atoms with Gasteiger partial charge in [0.1, 0.15) is 5.82 Å². The summed E-state index contributed by atoms with van der Waals surface area (Å²) in [6.07, 6.45) is 2.06. The number of rotatable bonds is 6. The zero-order valence-electron chi connectivity index (χ0n) is 12.7. The fourth-order valence-corrected chi connectivity index (χ4v) is 2.01. The average molecular weight is 297 g/mol. The van der Waals surface area contributed by atoms with Crippen molar-refractivity contribution in [2.45, 2.75) is 26.8 Å². The third kappa shape index (κ3) is 5.41. The van der Waals surface area contributed by atoms with Crippen molar-refractivity contribution >= 4 is 17.7 Å². The zero-order valence-corrected chi connectivity index (χ0v) is 13.5. The van der Waals surface area contributed by atoms with Crippen LogP contribution in [0.4, 0.5) is 4.39 Å². The topological polar surface area (TPSA) is 36.4 Å². The van der Waals surface area contributed by atoms with E-state index in [1.807, 2.05) is 19.9 Å². The maximum atomic E-state index is 13.6. The van der Waals surface area contributed by atoms with Crippen molar-refractivity contribution < 1.29 is 4.39 Å². The van der Waals surface area contributed by atoms with E-state index in [1.54, 1.807) is 30.8 Å². The Balaban J connectivity index is 2.71. The van der Waals surface area contributed by atoms with Gasteiger partial charge in [-0.1, -0.05) is 12.1 Å². The lowest BCUT2D eigenvalue weighted by Crippen LogP contribution is -2.39. The third-order valence-electron chi connectivity index (χ3n) is 2.96. The molecule has 0 spiro atoms. The van der Waals surface area contributed by atoms with Crippen LogP contribution in [0.2, 0.25) is 0 Å². The molecule has 0 heterocycles. The van der Waals surface area contributed by atoms with Crippen molar-refractivity contribution in [2.24, 2.45) is 4.99 Å². The maximum absolute atomic E-state index is 13.6. The van der Waals surface area contributed by atoms with Gasteiger partial charge in [-0.3, -0.25) is 4.99 Å². The van der Waals surface area contributed by atoms with Crippen LogP contribution in [0.5, 0.6) is 0 Å². The molecule has 3 nitrogen and oxygen atoms in total. The molecular formula is C15H24FN3S. The monoisotopic (exact) mass is 297 g/mol. The number of hydrogen-bond acceptors (Lipinski definition) is 2. The Bertz CT molecular complexity index is 449. The Hall–Kier alpha value is -1.23. The van der Waals surface area contributed by atoms with E-state index < -0.39 is 0 Å². The molecular weight excluding hydrogens is 273 g/mol. The van der Waals surface area contributed by atoms with E-state index in [9.17, 15) is 4.39 Å². The van der Waals surface area contributed by atoms with E-state index in [2.05, 4.69) is 21.9 Å². The minimum Gasteiger partial charge on any atom is -0.357 e. The molecule has 0 aliphatic rings. The summed E-state index contributed by atoms with van der Waals surface area (Å²) in [6.45, 7) is 7.38. The van der Waals surface area contributed by atoms with Gasteiger partial charge in [-0.25, -0.2) is 4.39 Å². The lowest BCUT2D eigenvalue weighted by atomic mass is 10.1. The van der Waals surface area contributed by atoms with Gasteiger partial charge >= 0.3 is 0 Å². The van der Waals surface area contributed by atoms with Gasteiger partial charge in [0, 0.05) is 12.3 Å². The van der Waals surface area contributed by atoms with Crippen LogP contribution in [0.3, 0.4) is 0 Å². The number of aliphatic imine (C=N–C) groups is 1. The smallest absolute Gasteiger partial charge is 0.191 e. The van der Waals surface area contributed by atoms with Crippen LogP contribution in [-0.2, 0) is 0 Å². The van der Waals surface area contributed by atoms with Gasteiger partial charge in [-0.2, -0.15) is 11.8 Å². The lowest BCUT2D eigenvalue weighted by molar-refractivity contribution is 0.607. The molecule has 0 amide bonds. The minimum atomic E-state index is -0.166. The number of thioether (sulfide) groups is 1. The summed E-state index contributed by atoms with van der Waals surface area (Å²) in [7, 11) is 0. The molecule has 5 heteroatoms. The molecule has 0 aliphatic carbocycles. The SMILES string of the molecule is CCNC(=NCCSC)NC(C)c1ccc(C)c(F)c1. The van der Waals surface area contributed by atoms with E-state index >= 15 is 0 Å². The second-order valence-corrected chi connectivity index (χ2v) is 5.61. The fraction of sp³-hybridized carbons (Fsp3) is 0.533. The molecule has 0 fully saturated rings. The maximum Gasteiger partial charge on any atom is 0.191 e. The summed E-state index contributed by atoms with van der Waals surface area (Å²) >= 11 is 1.77. The van der Waals surface area contributed by atoms with Gasteiger partial charge < -0.3 is 10.6 Å². The first-order valence-electron chi connectivity index (χ1n) is 6.88. The van der Waals surface area contributed by atoms with Gasteiger partial charge in [-0.15, -0.1) is 0 Å². The molecule has 0 saturated carbocycles. The van der Waals surface area contributed by atoms with E-state index in [0.717, 1.165) is 30.4 Å². The molecule has 2 N–H and O–H groups in total. The number of guanidine groups is 1. The van der Waals surface area contributed by atoms with E-state index in [1.165, 1.54) is 0 Å². The van der Waals surface area contributed by atoms with Crippen LogP contribution >= 0.6 is 11.8 Å². The Labute approximate surface area is 125 Å². The normalized spacial score (nSPS) is 13.2. The quantitative estimate of drug-likeness (QED) is 0.481. The highest BCUT2D eigenvalue weighted by Gasteiger charge is 2.09. The Morgan fingerprint density at radius 3 is 2.80 bits per heavy atom. The average Bonchev–Trinajstić information content (AvgIpc) is 2.42. The summed E-state index contributed by atoms with van der Waals surface area (Å²) in [5.41, 5.74) is 1.59. The van der Waals surface area contributed by atoms with Crippen molar-refractivity contribution in [2.75, 3.05) is 25.1 Å². The number of hydrogen-bond donors (Lipinski definition) is 2. The van der Waals surface area contributed by atoms with Gasteiger partial charge in [0.2, 0.25) is 0 Å². The first-order chi connectivity index (χ1) is 9.58. The van der Waals surface area contributed by atoms with Crippen LogP contribution in [0.1, 0.15) is 31.0 Å². The molecule has 0 bridgehead atoms. The van der Waals surface area contributed by atoms with Crippen molar-refractivity contribution in [3.8, 4) is 0 Å². The molecule has 1 atom stereocenters. The molecule has 0 aliphatic heterocycles. The highest BCUT2D eigenvalue weighted by Crippen LogP contribution is 2.16. The second-order valence-electron chi connectivity index (χ2n) is 4.63. The Kier molecular flexibility index (Phi) is 7.44. The van der Waals surface area contributed by atoms with E-state index in [-0.39, 0.29) is 11.9 Å². The molecule has 0 saturated heterocycles. The predicted molar refractivity (Wildman–Crippen MR) is 87.0 cm³/mol.